The number of rotatable bonds is 10. The molecule has 2 aromatic heterocycles. The Hall–Kier alpha value is -12.0. The molecule has 15 aromatic carbocycles. The summed E-state index contributed by atoms with van der Waals surface area (Å²) in [6, 6.07) is 117. The molecule has 0 bridgehead atoms. The fourth-order valence-electron chi connectivity index (χ4n) is 13.4. The molecule has 0 radical (unpaired) electrons. The average Bonchev–Trinajstić information content (AvgIpc) is 0.781. The van der Waals surface area contributed by atoms with Crippen LogP contribution in [0.5, 0.6) is 0 Å². The molecule has 4 heteroatoms. The van der Waals surface area contributed by atoms with Gasteiger partial charge in [-0.3, -0.25) is 0 Å². The predicted molar refractivity (Wildman–Crippen MR) is 377 cm³/mol. The molecule has 0 saturated carbocycles. The van der Waals surface area contributed by atoms with E-state index in [1.807, 2.05) is 30.3 Å². The van der Waals surface area contributed by atoms with Crippen LogP contribution in [-0.2, 0) is 0 Å². The van der Waals surface area contributed by atoms with Crippen molar-refractivity contribution in [3.8, 4) is 112 Å². The zero-order valence-corrected chi connectivity index (χ0v) is 49.0. The minimum atomic E-state index is 0.672. The average molecular weight is 1140 g/mol. The van der Waals surface area contributed by atoms with Crippen LogP contribution in [0.3, 0.4) is 0 Å². The monoisotopic (exact) mass is 1140 g/mol. The van der Waals surface area contributed by atoms with Gasteiger partial charge in [0.05, 0.1) is 22.8 Å². The van der Waals surface area contributed by atoms with Gasteiger partial charge in [-0.25, -0.2) is 19.9 Å². The van der Waals surface area contributed by atoms with Crippen molar-refractivity contribution in [3.63, 3.8) is 0 Å². The van der Waals surface area contributed by atoms with E-state index in [1.54, 1.807) is 0 Å². The van der Waals surface area contributed by atoms with Gasteiger partial charge in [-0.05, 0) is 152 Å². The highest BCUT2D eigenvalue weighted by Gasteiger charge is 2.19. The summed E-state index contributed by atoms with van der Waals surface area (Å²) < 4.78 is 0. The number of aromatic nitrogens is 4. The van der Waals surface area contributed by atoms with Crippen molar-refractivity contribution in [2.45, 2.75) is 0 Å². The van der Waals surface area contributed by atoms with Gasteiger partial charge in [0.1, 0.15) is 0 Å². The number of hydrogen-bond acceptors (Lipinski definition) is 4. The summed E-state index contributed by atoms with van der Waals surface area (Å²) in [6.45, 7) is 0. The zero-order chi connectivity index (χ0) is 59.5. The normalized spacial score (nSPS) is 11.6. The van der Waals surface area contributed by atoms with E-state index < -0.39 is 0 Å². The lowest BCUT2D eigenvalue weighted by atomic mass is 9.89. The van der Waals surface area contributed by atoms with Crippen molar-refractivity contribution in [2.75, 3.05) is 0 Å². The molecule has 17 rings (SSSR count). The van der Waals surface area contributed by atoms with Gasteiger partial charge in [-0.2, -0.15) is 0 Å². The Morgan fingerprint density at radius 1 is 0.133 bits per heavy atom. The van der Waals surface area contributed by atoms with E-state index in [2.05, 4.69) is 297 Å². The van der Waals surface area contributed by atoms with E-state index in [-0.39, 0.29) is 0 Å². The van der Waals surface area contributed by atoms with Gasteiger partial charge in [0, 0.05) is 33.4 Å². The fourth-order valence-corrected chi connectivity index (χ4v) is 13.4. The van der Waals surface area contributed by atoms with Crippen LogP contribution in [-0.4, -0.2) is 19.9 Å². The van der Waals surface area contributed by atoms with Crippen LogP contribution >= 0.6 is 0 Å². The molecule has 0 amide bonds. The maximum absolute atomic E-state index is 5.35. The molecule has 0 N–H and O–H groups in total. The summed E-state index contributed by atoms with van der Waals surface area (Å²) in [6.07, 6.45) is 0. The Labute approximate surface area is 521 Å². The quantitative estimate of drug-likeness (QED) is 0.128. The molecule has 0 saturated heterocycles. The standard InChI is InChI=1S/C86H54N4/c1-4-20-56(21-5-1)81-53-82(89-86(88-81)66-29-19-28-62(49-66)60-26-18-27-61(48-60)64-43-45-74-70-33-12-11-31-68(70)69-32-13-15-35-72(69)78(74)51-64)58-40-38-55(39-41-58)63-42-46-76-79(50-63)73-36-16-14-34-71(73)75-47-44-65(52-80(75)76)67-30-10-17-37-77(67)84-54-83(57-22-6-2-7-23-57)87-85(90-84)59-24-8-3-9-25-59/h1-54H. The SMILES string of the molecule is c1ccc(-c2cc(-c3ccc(-c4ccc5c(c4)c4ccccc4c4ccc(-c6ccccc6-c6cc(-c7ccccc7)nc(-c7ccccc7)n6)cc45)cc3)nc(-c3cccc(-c4cccc(-c5ccc6c7ccccc7c7ccccc7c6c5)c4)c3)n2)cc1. The van der Waals surface area contributed by atoms with E-state index in [0.29, 0.717) is 11.6 Å². The molecule has 0 aliphatic carbocycles. The first-order valence-corrected chi connectivity index (χ1v) is 30.7. The molecule has 0 unspecified atom stereocenters. The van der Waals surface area contributed by atoms with Crippen LogP contribution in [0.2, 0.25) is 0 Å². The second-order valence-corrected chi connectivity index (χ2v) is 23.2. The van der Waals surface area contributed by atoms with Crippen molar-refractivity contribution in [3.05, 3.63) is 328 Å². The zero-order valence-electron chi connectivity index (χ0n) is 49.0. The summed E-state index contributed by atoms with van der Waals surface area (Å²) in [7, 11) is 0. The predicted octanol–water partition coefficient (Wildman–Crippen LogP) is 22.9. The molecule has 17 aromatic rings. The molecule has 0 fully saturated rings. The fraction of sp³-hybridized carbons (Fsp3) is 0. The molecule has 0 aliphatic heterocycles. The van der Waals surface area contributed by atoms with Crippen LogP contribution in [0, 0.1) is 0 Å². The topological polar surface area (TPSA) is 51.6 Å². The summed E-state index contributed by atoms with van der Waals surface area (Å²) in [5, 5.41) is 14.9. The Bertz CT molecular complexity index is 5550. The van der Waals surface area contributed by atoms with Gasteiger partial charge in [0.2, 0.25) is 0 Å². The lowest BCUT2D eigenvalue weighted by Gasteiger charge is -2.16. The van der Waals surface area contributed by atoms with Gasteiger partial charge >= 0.3 is 0 Å². The highest BCUT2D eigenvalue weighted by Crippen LogP contribution is 2.43. The molecular formula is C86H54N4. The summed E-state index contributed by atoms with van der Waals surface area (Å²) in [5.74, 6) is 1.37. The van der Waals surface area contributed by atoms with Gasteiger partial charge in [-0.1, -0.05) is 285 Å². The molecular weight excluding hydrogens is 1090 g/mol. The molecule has 90 heavy (non-hydrogen) atoms. The van der Waals surface area contributed by atoms with Crippen LogP contribution in [0.4, 0.5) is 0 Å². The number of nitrogens with zero attached hydrogens (tertiary/aromatic N) is 4. The lowest BCUT2D eigenvalue weighted by Crippen LogP contribution is -1.97. The van der Waals surface area contributed by atoms with E-state index >= 15 is 0 Å². The molecule has 4 nitrogen and oxygen atoms in total. The third-order valence-corrected chi connectivity index (χ3v) is 17.9. The molecule has 418 valence electrons. The first-order chi connectivity index (χ1) is 44.6. The van der Waals surface area contributed by atoms with Crippen LogP contribution in [0.1, 0.15) is 0 Å². The van der Waals surface area contributed by atoms with E-state index in [1.165, 1.54) is 75.8 Å². The van der Waals surface area contributed by atoms with E-state index in [0.717, 1.165) is 89.5 Å². The van der Waals surface area contributed by atoms with Crippen LogP contribution in [0.25, 0.3) is 177 Å². The second-order valence-electron chi connectivity index (χ2n) is 23.2. The number of benzene rings is 15. The van der Waals surface area contributed by atoms with Crippen LogP contribution < -0.4 is 0 Å². The Balaban J connectivity index is 0.712. The van der Waals surface area contributed by atoms with Crippen molar-refractivity contribution < 1.29 is 0 Å². The largest absolute Gasteiger partial charge is 0.228 e. The molecule has 0 atom stereocenters. The highest BCUT2D eigenvalue weighted by molar-refractivity contribution is 6.27. The van der Waals surface area contributed by atoms with Crippen molar-refractivity contribution in [1.29, 1.82) is 0 Å². The maximum atomic E-state index is 5.35. The third kappa shape index (κ3) is 9.43. The van der Waals surface area contributed by atoms with Gasteiger partial charge in [0.25, 0.3) is 0 Å². The van der Waals surface area contributed by atoms with Crippen molar-refractivity contribution in [2.24, 2.45) is 0 Å². The third-order valence-electron chi connectivity index (χ3n) is 17.9. The maximum Gasteiger partial charge on any atom is 0.160 e. The molecule has 0 aliphatic rings. The lowest BCUT2D eigenvalue weighted by molar-refractivity contribution is 1.18. The van der Waals surface area contributed by atoms with E-state index in [9.17, 15) is 0 Å². The Morgan fingerprint density at radius 2 is 0.411 bits per heavy atom. The number of fused-ring (bicyclic) bond motifs is 12. The van der Waals surface area contributed by atoms with Crippen molar-refractivity contribution in [1.82, 2.24) is 19.9 Å². The van der Waals surface area contributed by atoms with Gasteiger partial charge in [0.15, 0.2) is 11.6 Å². The summed E-state index contributed by atoms with van der Waals surface area (Å²) >= 11 is 0. The molecule has 2 heterocycles. The Morgan fingerprint density at radius 3 is 0.911 bits per heavy atom. The second kappa shape index (κ2) is 22.1. The molecule has 0 spiro atoms. The first-order valence-electron chi connectivity index (χ1n) is 30.7. The summed E-state index contributed by atoms with van der Waals surface area (Å²) in [4.78, 5) is 21.0. The minimum Gasteiger partial charge on any atom is -0.228 e. The van der Waals surface area contributed by atoms with Gasteiger partial charge < -0.3 is 0 Å². The minimum absolute atomic E-state index is 0.672. The van der Waals surface area contributed by atoms with E-state index in [4.69, 9.17) is 19.9 Å². The smallest absolute Gasteiger partial charge is 0.160 e. The van der Waals surface area contributed by atoms with Gasteiger partial charge in [-0.15, -0.1) is 0 Å². The first kappa shape index (κ1) is 52.4. The summed E-state index contributed by atoms with van der Waals surface area (Å²) in [5.41, 5.74) is 18.6. The Kier molecular flexibility index (Phi) is 12.8. The number of hydrogen-bond donors (Lipinski definition) is 0. The van der Waals surface area contributed by atoms with Crippen molar-refractivity contribution >= 4 is 64.6 Å². The highest BCUT2D eigenvalue weighted by atomic mass is 14.9. The van der Waals surface area contributed by atoms with Crippen LogP contribution in [0.15, 0.2) is 328 Å².